The van der Waals surface area contributed by atoms with Crippen molar-refractivity contribution in [2.24, 2.45) is 0 Å². The van der Waals surface area contributed by atoms with Crippen LogP contribution in [0, 0.1) is 10.1 Å². The van der Waals surface area contributed by atoms with Gasteiger partial charge in [-0.15, -0.1) is 0 Å². The van der Waals surface area contributed by atoms with E-state index in [2.05, 4.69) is 5.10 Å². The molecule has 20 heavy (non-hydrogen) atoms. The summed E-state index contributed by atoms with van der Waals surface area (Å²) >= 11 is 5.76. The van der Waals surface area contributed by atoms with Gasteiger partial charge in [-0.1, -0.05) is 11.6 Å². The Balaban J connectivity index is 2.12. The maximum Gasteiger partial charge on any atom is 0.277 e. The lowest BCUT2D eigenvalue weighted by Gasteiger charge is -2.05. The standard InChI is InChI=1S/C13H14ClN3O3/c1-9(2)16-7-12(6-15-16)20-8-10-3-4-11(14)5-13(10)17(18)19/h3-7,9H,8H2,1-2H3. The molecule has 2 rings (SSSR count). The first-order valence-corrected chi connectivity index (χ1v) is 6.45. The number of rotatable bonds is 5. The SMILES string of the molecule is CC(C)n1cc(OCc2ccc(Cl)cc2[N+](=O)[O-])cn1. The van der Waals surface area contributed by atoms with Gasteiger partial charge in [0, 0.05) is 17.1 Å². The molecule has 1 aromatic carbocycles. The second kappa shape index (κ2) is 5.92. The predicted octanol–water partition coefficient (Wildman–Crippen LogP) is 3.60. The van der Waals surface area contributed by atoms with Gasteiger partial charge >= 0.3 is 0 Å². The second-order valence-electron chi connectivity index (χ2n) is 4.57. The van der Waals surface area contributed by atoms with Gasteiger partial charge in [-0.3, -0.25) is 14.8 Å². The summed E-state index contributed by atoms with van der Waals surface area (Å²) in [5.74, 6) is 0.572. The first kappa shape index (κ1) is 14.3. The van der Waals surface area contributed by atoms with Crippen molar-refractivity contribution in [1.29, 1.82) is 0 Å². The van der Waals surface area contributed by atoms with Crippen molar-refractivity contribution in [1.82, 2.24) is 9.78 Å². The summed E-state index contributed by atoms with van der Waals surface area (Å²) in [6, 6.07) is 4.74. The highest BCUT2D eigenvalue weighted by Gasteiger charge is 2.15. The lowest BCUT2D eigenvalue weighted by atomic mass is 10.2. The van der Waals surface area contributed by atoms with Gasteiger partial charge in [0.15, 0.2) is 5.75 Å². The lowest BCUT2D eigenvalue weighted by molar-refractivity contribution is -0.385. The first-order valence-electron chi connectivity index (χ1n) is 6.07. The topological polar surface area (TPSA) is 70.2 Å². The summed E-state index contributed by atoms with van der Waals surface area (Å²) in [6.45, 7) is 4.10. The van der Waals surface area contributed by atoms with E-state index in [1.165, 1.54) is 6.07 Å². The molecule has 2 aromatic rings. The summed E-state index contributed by atoms with van der Waals surface area (Å²) in [5, 5.41) is 15.4. The molecule has 1 heterocycles. The second-order valence-corrected chi connectivity index (χ2v) is 5.01. The van der Waals surface area contributed by atoms with E-state index in [1.54, 1.807) is 29.2 Å². The van der Waals surface area contributed by atoms with Crippen LogP contribution >= 0.6 is 11.6 Å². The van der Waals surface area contributed by atoms with Gasteiger partial charge in [-0.25, -0.2) is 0 Å². The number of hydrogen-bond donors (Lipinski definition) is 0. The van der Waals surface area contributed by atoms with Gasteiger partial charge in [-0.2, -0.15) is 5.10 Å². The maximum atomic E-state index is 11.0. The molecule has 0 aliphatic rings. The normalized spacial score (nSPS) is 10.8. The van der Waals surface area contributed by atoms with Crippen molar-refractivity contribution in [3.8, 4) is 5.75 Å². The fourth-order valence-corrected chi connectivity index (χ4v) is 1.83. The Morgan fingerprint density at radius 3 is 2.85 bits per heavy atom. The number of nitro benzene ring substituents is 1. The van der Waals surface area contributed by atoms with E-state index in [4.69, 9.17) is 16.3 Å². The Kier molecular flexibility index (Phi) is 4.24. The minimum Gasteiger partial charge on any atom is -0.485 e. The highest BCUT2D eigenvalue weighted by atomic mass is 35.5. The van der Waals surface area contributed by atoms with Crippen molar-refractivity contribution in [2.45, 2.75) is 26.5 Å². The molecule has 0 N–H and O–H groups in total. The van der Waals surface area contributed by atoms with Crippen LogP contribution in [0.3, 0.4) is 0 Å². The van der Waals surface area contributed by atoms with Crippen LogP contribution in [-0.4, -0.2) is 14.7 Å². The van der Waals surface area contributed by atoms with E-state index in [0.717, 1.165) is 0 Å². The van der Waals surface area contributed by atoms with Crippen LogP contribution in [0.2, 0.25) is 5.02 Å². The molecule has 0 unspecified atom stereocenters. The Bertz CT molecular complexity index is 625. The minimum absolute atomic E-state index is 0.0475. The summed E-state index contributed by atoms with van der Waals surface area (Å²) in [4.78, 5) is 10.5. The molecule has 7 heteroatoms. The summed E-state index contributed by atoms with van der Waals surface area (Å²) in [5.41, 5.74) is 0.422. The number of nitrogens with zero attached hydrogens (tertiary/aromatic N) is 3. The Morgan fingerprint density at radius 2 is 2.25 bits per heavy atom. The van der Waals surface area contributed by atoms with E-state index in [-0.39, 0.29) is 18.3 Å². The number of halogens is 1. The van der Waals surface area contributed by atoms with Crippen molar-refractivity contribution in [2.75, 3.05) is 0 Å². The highest BCUT2D eigenvalue weighted by molar-refractivity contribution is 6.30. The number of benzene rings is 1. The zero-order valence-corrected chi connectivity index (χ0v) is 11.9. The number of ether oxygens (including phenoxy) is 1. The van der Waals surface area contributed by atoms with E-state index in [9.17, 15) is 10.1 Å². The highest BCUT2D eigenvalue weighted by Crippen LogP contribution is 2.24. The maximum absolute atomic E-state index is 11.0. The molecule has 0 bridgehead atoms. The average Bonchev–Trinajstić information content (AvgIpc) is 2.86. The molecule has 1 aromatic heterocycles. The van der Waals surface area contributed by atoms with Gasteiger partial charge in [0.25, 0.3) is 5.69 Å². The van der Waals surface area contributed by atoms with E-state index in [0.29, 0.717) is 16.3 Å². The van der Waals surface area contributed by atoms with Gasteiger partial charge in [0.2, 0.25) is 0 Å². The quantitative estimate of drug-likeness (QED) is 0.624. The fraction of sp³-hybridized carbons (Fsp3) is 0.308. The Morgan fingerprint density at radius 1 is 1.50 bits per heavy atom. The molecule has 0 atom stereocenters. The summed E-state index contributed by atoms with van der Waals surface area (Å²) < 4.78 is 7.28. The largest absolute Gasteiger partial charge is 0.485 e. The van der Waals surface area contributed by atoms with Crippen LogP contribution in [0.1, 0.15) is 25.5 Å². The van der Waals surface area contributed by atoms with Crippen LogP contribution in [0.15, 0.2) is 30.6 Å². The molecular formula is C13H14ClN3O3. The van der Waals surface area contributed by atoms with Crippen LogP contribution < -0.4 is 4.74 Å². The summed E-state index contributed by atoms with van der Waals surface area (Å²) in [6.07, 6.45) is 3.34. The molecule has 0 aliphatic heterocycles. The van der Waals surface area contributed by atoms with Crippen molar-refractivity contribution >= 4 is 17.3 Å². The Hall–Kier alpha value is -2.08. The van der Waals surface area contributed by atoms with Crippen molar-refractivity contribution in [3.63, 3.8) is 0 Å². The smallest absolute Gasteiger partial charge is 0.277 e. The Labute approximate surface area is 121 Å². The van der Waals surface area contributed by atoms with Crippen molar-refractivity contribution < 1.29 is 9.66 Å². The molecular weight excluding hydrogens is 282 g/mol. The van der Waals surface area contributed by atoms with Crippen LogP contribution in [0.25, 0.3) is 0 Å². The third-order valence-electron chi connectivity index (χ3n) is 2.75. The van der Waals surface area contributed by atoms with Crippen LogP contribution in [0.4, 0.5) is 5.69 Å². The van der Waals surface area contributed by atoms with Crippen molar-refractivity contribution in [3.05, 3.63) is 51.3 Å². The number of nitro groups is 1. The molecule has 0 spiro atoms. The molecule has 6 nitrogen and oxygen atoms in total. The van der Waals surface area contributed by atoms with E-state index in [1.807, 2.05) is 13.8 Å². The number of aromatic nitrogens is 2. The molecule has 106 valence electrons. The zero-order valence-electron chi connectivity index (χ0n) is 11.1. The third kappa shape index (κ3) is 3.27. The van der Waals surface area contributed by atoms with Gasteiger partial charge in [0.1, 0.15) is 6.61 Å². The molecule has 0 amide bonds. The zero-order chi connectivity index (χ0) is 14.7. The van der Waals surface area contributed by atoms with Gasteiger partial charge in [-0.05, 0) is 26.0 Å². The first-order chi connectivity index (χ1) is 9.47. The molecule has 0 aliphatic carbocycles. The van der Waals surface area contributed by atoms with Gasteiger partial charge in [0.05, 0.1) is 22.9 Å². The third-order valence-corrected chi connectivity index (χ3v) is 2.98. The molecule has 0 fully saturated rings. The van der Waals surface area contributed by atoms with E-state index >= 15 is 0 Å². The number of hydrogen-bond acceptors (Lipinski definition) is 4. The van der Waals surface area contributed by atoms with Gasteiger partial charge < -0.3 is 4.74 Å². The monoisotopic (exact) mass is 295 g/mol. The minimum atomic E-state index is -0.470. The molecule has 0 radical (unpaired) electrons. The van der Waals surface area contributed by atoms with Crippen LogP contribution in [-0.2, 0) is 6.61 Å². The van der Waals surface area contributed by atoms with Crippen LogP contribution in [0.5, 0.6) is 5.75 Å². The lowest BCUT2D eigenvalue weighted by Crippen LogP contribution is -2.01. The fourth-order valence-electron chi connectivity index (χ4n) is 1.67. The predicted molar refractivity (Wildman–Crippen MR) is 75.1 cm³/mol. The summed E-state index contributed by atoms with van der Waals surface area (Å²) in [7, 11) is 0. The molecule has 0 saturated carbocycles. The van der Waals surface area contributed by atoms with E-state index < -0.39 is 4.92 Å². The average molecular weight is 296 g/mol. The molecule has 0 saturated heterocycles.